The second-order valence-electron chi connectivity index (χ2n) is 6.61. The van der Waals surface area contributed by atoms with Crippen molar-refractivity contribution in [3.05, 3.63) is 70.7 Å². The Bertz CT molecular complexity index is 1100. The first-order chi connectivity index (χ1) is 13.8. The maximum absolute atomic E-state index is 12.1. The summed E-state index contributed by atoms with van der Waals surface area (Å²) in [6.07, 6.45) is 4.57. The minimum absolute atomic E-state index is 0.142. The number of hydrogen-bond acceptors (Lipinski definition) is 6. The number of aromatic nitrogens is 3. The number of carbonyl (C=O) groups is 1. The molecule has 2 heterocycles. The fourth-order valence-electron chi connectivity index (χ4n) is 2.68. The number of anilines is 1. The summed E-state index contributed by atoms with van der Waals surface area (Å²) in [6, 6.07) is 9.11. The molecule has 0 aliphatic rings. The highest BCUT2D eigenvalue weighted by Crippen LogP contribution is 2.15. The molecule has 0 saturated heterocycles. The minimum Gasteiger partial charge on any atom is -0.361 e. The second kappa shape index (κ2) is 8.87. The number of benzene rings is 1. The van der Waals surface area contributed by atoms with E-state index in [1.807, 2.05) is 32.0 Å². The topological polar surface area (TPSA) is 107 Å². The fraction of sp³-hybridized carbons (Fsp3) is 0.250. The van der Waals surface area contributed by atoms with E-state index in [0.717, 1.165) is 28.0 Å². The van der Waals surface area contributed by atoms with E-state index < -0.39 is 15.7 Å². The number of nitrogens with zero attached hydrogens (tertiary/aromatic N) is 3. The highest BCUT2D eigenvalue weighted by atomic mass is 32.2. The predicted octanol–water partition coefficient (Wildman–Crippen LogP) is 2.95. The first-order valence-corrected chi connectivity index (χ1v) is 10.7. The van der Waals surface area contributed by atoms with Crippen molar-refractivity contribution in [3.63, 3.8) is 0 Å². The maximum atomic E-state index is 12.1. The third kappa shape index (κ3) is 5.89. The Hall–Kier alpha value is -3.20. The van der Waals surface area contributed by atoms with E-state index in [4.69, 9.17) is 4.52 Å². The Labute approximate surface area is 169 Å². The molecule has 0 spiro atoms. The summed E-state index contributed by atoms with van der Waals surface area (Å²) in [4.78, 5) is 12.1. The SMILES string of the molecule is Cc1noc(C)c1Cn1cc(NC(=O)CCS(=O)(=O)C=Cc2ccccc2)cn1. The Morgan fingerprint density at radius 1 is 1.24 bits per heavy atom. The van der Waals surface area contributed by atoms with E-state index in [1.165, 1.54) is 12.3 Å². The van der Waals surface area contributed by atoms with Crippen molar-refractivity contribution in [1.82, 2.24) is 14.9 Å². The van der Waals surface area contributed by atoms with Crippen molar-refractivity contribution in [2.75, 3.05) is 11.1 Å². The minimum atomic E-state index is -3.49. The van der Waals surface area contributed by atoms with Gasteiger partial charge in [0, 0.05) is 23.6 Å². The monoisotopic (exact) mass is 414 g/mol. The Balaban J connectivity index is 1.52. The van der Waals surface area contributed by atoms with Gasteiger partial charge in [-0.25, -0.2) is 8.42 Å². The van der Waals surface area contributed by atoms with Gasteiger partial charge in [0.05, 0.1) is 29.9 Å². The summed E-state index contributed by atoms with van der Waals surface area (Å²) >= 11 is 0. The summed E-state index contributed by atoms with van der Waals surface area (Å²) in [5, 5.41) is 11.9. The fourth-order valence-corrected chi connectivity index (χ4v) is 3.65. The van der Waals surface area contributed by atoms with Crippen molar-refractivity contribution in [2.45, 2.75) is 26.8 Å². The van der Waals surface area contributed by atoms with Gasteiger partial charge in [-0.3, -0.25) is 9.48 Å². The average molecular weight is 414 g/mol. The lowest BCUT2D eigenvalue weighted by Crippen LogP contribution is -2.16. The second-order valence-corrected chi connectivity index (χ2v) is 8.61. The van der Waals surface area contributed by atoms with Gasteiger partial charge in [-0.1, -0.05) is 35.5 Å². The van der Waals surface area contributed by atoms with Gasteiger partial charge in [-0.05, 0) is 25.5 Å². The van der Waals surface area contributed by atoms with E-state index in [9.17, 15) is 13.2 Å². The summed E-state index contributed by atoms with van der Waals surface area (Å²) < 4.78 is 31.0. The predicted molar refractivity (Wildman–Crippen MR) is 110 cm³/mol. The van der Waals surface area contributed by atoms with Crippen LogP contribution in [-0.4, -0.2) is 35.0 Å². The molecule has 1 N–H and O–H groups in total. The van der Waals surface area contributed by atoms with Crippen molar-refractivity contribution in [1.29, 1.82) is 0 Å². The van der Waals surface area contributed by atoms with Crippen LogP contribution in [0.2, 0.25) is 0 Å². The van der Waals surface area contributed by atoms with Crippen LogP contribution in [-0.2, 0) is 21.2 Å². The van der Waals surface area contributed by atoms with Crippen molar-refractivity contribution >= 4 is 27.5 Å². The van der Waals surface area contributed by atoms with Crippen LogP contribution in [0.25, 0.3) is 6.08 Å². The molecule has 0 saturated carbocycles. The quantitative estimate of drug-likeness (QED) is 0.607. The highest BCUT2D eigenvalue weighted by molar-refractivity contribution is 7.94. The molecule has 152 valence electrons. The Kier molecular flexibility index (Phi) is 6.28. The largest absolute Gasteiger partial charge is 0.361 e. The third-order valence-corrected chi connectivity index (χ3v) is 5.62. The first kappa shape index (κ1) is 20.5. The van der Waals surface area contributed by atoms with Gasteiger partial charge < -0.3 is 9.84 Å². The smallest absolute Gasteiger partial charge is 0.225 e. The highest BCUT2D eigenvalue weighted by Gasteiger charge is 2.13. The molecule has 0 bridgehead atoms. The lowest BCUT2D eigenvalue weighted by Gasteiger charge is -2.02. The molecule has 0 radical (unpaired) electrons. The number of sulfone groups is 1. The van der Waals surface area contributed by atoms with Gasteiger partial charge in [0.1, 0.15) is 5.76 Å². The molecule has 9 heteroatoms. The number of carbonyl (C=O) groups excluding carboxylic acids is 1. The third-order valence-electron chi connectivity index (χ3n) is 4.30. The molecule has 8 nitrogen and oxygen atoms in total. The molecule has 29 heavy (non-hydrogen) atoms. The van der Waals surface area contributed by atoms with Gasteiger partial charge in [-0.2, -0.15) is 5.10 Å². The Morgan fingerprint density at radius 2 is 2.00 bits per heavy atom. The Morgan fingerprint density at radius 3 is 2.69 bits per heavy atom. The maximum Gasteiger partial charge on any atom is 0.225 e. The molecule has 3 aromatic rings. The number of nitrogens with one attached hydrogen (secondary N) is 1. The van der Waals surface area contributed by atoms with Crippen LogP contribution in [0, 0.1) is 13.8 Å². The number of amides is 1. The van der Waals surface area contributed by atoms with E-state index in [0.29, 0.717) is 12.2 Å². The van der Waals surface area contributed by atoms with Gasteiger partial charge in [0.2, 0.25) is 5.91 Å². The molecule has 0 aliphatic carbocycles. The van der Waals surface area contributed by atoms with Crippen molar-refractivity contribution in [2.24, 2.45) is 0 Å². The van der Waals surface area contributed by atoms with E-state index in [1.54, 1.807) is 23.0 Å². The van der Waals surface area contributed by atoms with Crippen LogP contribution in [0.3, 0.4) is 0 Å². The molecule has 0 aliphatic heterocycles. The zero-order valence-corrected chi connectivity index (χ0v) is 17.0. The molecule has 1 aromatic carbocycles. The van der Waals surface area contributed by atoms with Crippen LogP contribution < -0.4 is 5.32 Å². The molecular formula is C20H22N4O4S. The van der Waals surface area contributed by atoms with E-state index in [-0.39, 0.29) is 12.2 Å². The molecule has 1 amide bonds. The zero-order valence-electron chi connectivity index (χ0n) is 16.2. The van der Waals surface area contributed by atoms with Gasteiger partial charge in [0.25, 0.3) is 0 Å². The average Bonchev–Trinajstić information content (AvgIpc) is 3.27. The molecular weight excluding hydrogens is 392 g/mol. The summed E-state index contributed by atoms with van der Waals surface area (Å²) in [6.45, 7) is 4.15. The summed E-state index contributed by atoms with van der Waals surface area (Å²) in [7, 11) is -3.49. The standard InChI is InChI=1S/C20H22N4O4S/c1-15-19(16(2)28-23-15)14-24-13-18(12-21-24)22-20(25)9-11-29(26,27)10-8-17-6-4-3-5-7-17/h3-8,10,12-13H,9,11,14H2,1-2H3,(H,22,25). The molecule has 0 atom stereocenters. The van der Waals surface area contributed by atoms with E-state index >= 15 is 0 Å². The van der Waals surface area contributed by atoms with Crippen LogP contribution in [0.1, 0.15) is 29.0 Å². The van der Waals surface area contributed by atoms with Crippen LogP contribution >= 0.6 is 0 Å². The summed E-state index contributed by atoms with van der Waals surface area (Å²) in [5.74, 6) is 0.0611. The lowest BCUT2D eigenvalue weighted by molar-refractivity contribution is -0.115. The number of rotatable bonds is 8. The van der Waals surface area contributed by atoms with Gasteiger partial charge >= 0.3 is 0 Å². The van der Waals surface area contributed by atoms with Gasteiger partial charge in [-0.15, -0.1) is 0 Å². The van der Waals surface area contributed by atoms with Crippen molar-refractivity contribution in [3.8, 4) is 0 Å². The van der Waals surface area contributed by atoms with E-state index in [2.05, 4.69) is 15.6 Å². The molecule has 3 rings (SSSR count). The lowest BCUT2D eigenvalue weighted by atomic mass is 10.2. The number of aryl methyl sites for hydroxylation is 2. The molecule has 0 unspecified atom stereocenters. The zero-order chi connectivity index (χ0) is 20.9. The molecule has 2 aromatic heterocycles. The molecule has 0 fully saturated rings. The normalized spacial score (nSPS) is 11.8. The van der Waals surface area contributed by atoms with Crippen LogP contribution in [0.4, 0.5) is 5.69 Å². The van der Waals surface area contributed by atoms with Gasteiger partial charge in [0.15, 0.2) is 9.84 Å². The first-order valence-electron chi connectivity index (χ1n) is 9.02. The van der Waals surface area contributed by atoms with Crippen LogP contribution in [0.15, 0.2) is 52.7 Å². The van der Waals surface area contributed by atoms with Crippen LogP contribution in [0.5, 0.6) is 0 Å². The number of hydrogen-bond donors (Lipinski definition) is 1. The summed E-state index contributed by atoms with van der Waals surface area (Å²) in [5.41, 5.74) is 3.00. The van der Waals surface area contributed by atoms with Crippen molar-refractivity contribution < 1.29 is 17.7 Å².